The molecule has 1 aliphatic rings. The zero-order chi connectivity index (χ0) is 20.4. The molecule has 0 amide bonds. The number of aryl methyl sites for hydroxylation is 2. The van der Waals surface area contributed by atoms with E-state index in [-0.39, 0.29) is 0 Å². The quantitative estimate of drug-likeness (QED) is 0.569. The van der Waals surface area contributed by atoms with Gasteiger partial charge in [-0.3, -0.25) is 4.72 Å². The summed E-state index contributed by atoms with van der Waals surface area (Å²) in [5.74, 6) is 0. The van der Waals surface area contributed by atoms with Gasteiger partial charge in [0.2, 0.25) is 10.0 Å². The first-order valence-corrected chi connectivity index (χ1v) is 12.6. The first-order valence-electron chi connectivity index (χ1n) is 9.48. The van der Waals surface area contributed by atoms with Gasteiger partial charge in [0.15, 0.2) is 0 Å². The summed E-state index contributed by atoms with van der Waals surface area (Å²) in [6.07, 6.45) is 7.44. The van der Waals surface area contributed by atoms with Crippen LogP contribution in [0.15, 0.2) is 71.6 Å². The summed E-state index contributed by atoms with van der Waals surface area (Å²) in [5.41, 5.74) is 7.89. The van der Waals surface area contributed by atoms with Crippen molar-refractivity contribution in [1.29, 1.82) is 0 Å². The average Bonchev–Trinajstić information content (AvgIpc) is 2.84. The molecule has 3 aromatic rings. The second kappa shape index (κ2) is 8.09. The summed E-state index contributed by atoms with van der Waals surface area (Å²) in [5, 5.41) is 0. The molecule has 0 heterocycles. The molecular formula is C24H23NO2S2. The minimum atomic E-state index is -3.31. The minimum Gasteiger partial charge on any atom is -0.284 e. The molecule has 5 heteroatoms. The molecule has 0 fully saturated rings. The third-order valence-corrected chi connectivity index (χ3v) is 6.41. The van der Waals surface area contributed by atoms with Gasteiger partial charge in [0, 0.05) is 10.6 Å². The van der Waals surface area contributed by atoms with Crippen LogP contribution in [0.25, 0.3) is 11.6 Å². The third-order valence-electron chi connectivity index (χ3n) is 5.07. The molecule has 0 saturated carbocycles. The van der Waals surface area contributed by atoms with Crippen LogP contribution in [0.3, 0.4) is 0 Å². The van der Waals surface area contributed by atoms with E-state index in [1.54, 1.807) is 17.8 Å². The Morgan fingerprint density at radius 2 is 1.66 bits per heavy atom. The van der Waals surface area contributed by atoms with E-state index >= 15 is 0 Å². The molecule has 0 aliphatic heterocycles. The normalized spacial score (nSPS) is 14.8. The van der Waals surface area contributed by atoms with Gasteiger partial charge in [-0.25, -0.2) is 8.42 Å². The fraction of sp³-hybridized carbons (Fsp3) is 0.167. The Labute approximate surface area is 176 Å². The zero-order valence-corrected chi connectivity index (χ0v) is 18.1. The van der Waals surface area contributed by atoms with Crippen molar-refractivity contribution in [3.05, 3.63) is 94.5 Å². The van der Waals surface area contributed by atoms with Crippen LogP contribution in [-0.4, -0.2) is 20.9 Å². The summed E-state index contributed by atoms with van der Waals surface area (Å²) < 4.78 is 25.8. The van der Waals surface area contributed by atoms with Crippen molar-refractivity contribution in [2.24, 2.45) is 0 Å². The second-order valence-electron chi connectivity index (χ2n) is 7.24. The molecular weight excluding hydrogens is 398 g/mol. The van der Waals surface area contributed by atoms with Gasteiger partial charge < -0.3 is 0 Å². The molecule has 1 N–H and O–H groups in total. The zero-order valence-electron chi connectivity index (χ0n) is 16.5. The molecule has 1 aliphatic carbocycles. The Hall–Kier alpha value is -2.50. The van der Waals surface area contributed by atoms with Crippen molar-refractivity contribution in [2.75, 3.05) is 17.2 Å². The smallest absolute Gasteiger partial charge is 0.229 e. The van der Waals surface area contributed by atoms with E-state index in [2.05, 4.69) is 59.5 Å². The Balaban J connectivity index is 1.87. The van der Waals surface area contributed by atoms with E-state index in [0.717, 1.165) is 18.4 Å². The summed E-state index contributed by atoms with van der Waals surface area (Å²) in [6.45, 7) is 0. The van der Waals surface area contributed by atoms with Crippen LogP contribution >= 0.6 is 11.8 Å². The number of benzene rings is 3. The lowest BCUT2D eigenvalue weighted by molar-refractivity contribution is 0.607. The molecule has 0 spiro atoms. The predicted molar refractivity (Wildman–Crippen MR) is 124 cm³/mol. The van der Waals surface area contributed by atoms with Gasteiger partial charge in [0.05, 0.1) is 6.26 Å². The number of hydrogen-bond donors (Lipinski definition) is 1. The van der Waals surface area contributed by atoms with Crippen LogP contribution in [0.1, 0.15) is 27.8 Å². The second-order valence-corrected chi connectivity index (χ2v) is 9.87. The van der Waals surface area contributed by atoms with E-state index in [0.29, 0.717) is 5.69 Å². The van der Waals surface area contributed by atoms with Crippen molar-refractivity contribution in [1.82, 2.24) is 0 Å². The lowest BCUT2D eigenvalue weighted by Gasteiger charge is -2.13. The van der Waals surface area contributed by atoms with Crippen molar-refractivity contribution in [3.63, 3.8) is 0 Å². The van der Waals surface area contributed by atoms with Gasteiger partial charge in [-0.1, -0.05) is 42.5 Å². The van der Waals surface area contributed by atoms with Crippen LogP contribution in [-0.2, 0) is 22.9 Å². The minimum absolute atomic E-state index is 0.571. The number of rotatable bonds is 4. The molecule has 0 unspecified atom stereocenters. The molecule has 3 aromatic carbocycles. The van der Waals surface area contributed by atoms with Crippen LogP contribution in [0.2, 0.25) is 0 Å². The van der Waals surface area contributed by atoms with Gasteiger partial charge in [-0.05, 0) is 82.8 Å². The van der Waals surface area contributed by atoms with Crippen LogP contribution in [0, 0.1) is 0 Å². The van der Waals surface area contributed by atoms with Gasteiger partial charge in [0.25, 0.3) is 0 Å². The summed E-state index contributed by atoms with van der Waals surface area (Å²) in [4.78, 5) is 1.27. The lowest BCUT2D eigenvalue weighted by Crippen LogP contribution is -2.09. The molecule has 3 nitrogen and oxygen atoms in total. The average molecular weight is 422 g/mol. The highest BCUT2D eigenvalue weighted by molar-refractivity contribution is 7.98. The van der Waals surface area contributed by atoms with Gasteiger partial charge in [-0.15, -0.1) is 11.8 Å². The highest BCUT2D eigenvalue weighted by Crippen LogP contribution is 2.36. The molecule has 148 valence electrons. The maximum Gasteiger partial charge on any atom is 0.229 e. The number of hydrogen-bond acceptors (Lipinski definition) is 3. The first kappa shape index (κ1) is 19.8. The maximum absolute atomic E-state index is 11.6. The third kappa shape index (κ3) is 4.57. The highest BCUT2D eigenvalue weighted by Gasteiger charge is 2.18. The van der Waals surface area contributed by atoms with Gasteiger partial charge in [-0.2, -0.15) is 0 Å². The SMILES string of the molecule is CSc1ccc2c(c1)CCc1ccccc1/C2=C/c1cccc(NS(C)(=O)=O)c1. The Kier molecular flexibility index (Phi) is 5.52. The topological polar surface area (TPSA) is 46.2 Å². The maximum atomic E-state index is 11.6. The van der Waals surface area contributed by atoms with E-state index in [1.165, 1.54) is 39.0 Å². The van der Waals surface area contributed by atoms with Gasteiger partial charge in [0.1, 0.15) is 0 Å². The molecule has 0 radical (unpaired) electrons. The Morgan fingerprint density at radius 1 is 0.897 bits per heavy atom. The van der Waals surface area contributed by atoms with E-state index in [4.69, 9.17) is 0 Å². The lowest BCUT2D eigenvalue weighted by atomic mass is 9.92. The highest BCUT2D eigenvalue weighted by atomic mass is 32.2. The van der Waals surface area contributed by atoms with Crippen LogP contribution in [0.4, 0.5) is 5.69 Å². The monoisotopic (exact) mass is 421 g/mol. The number of thioether (sulfide) groups is 1. The summed E-state index contributed by atoms with van der Waals surface area (Å²) >= 11 is 1.76. The number of anilines is 1. The van der Waals surface area contributed by atoms with Gasteiger partial charge >= 0.3 is 0 Å². The first-order chi connectivity index (χ1) is 13.9. The molecule has 0 bridgehead atoms. The molecule has 0 aromatic heterocycles. The fourth-order valence-corrected chi connectivity index (χ4v) is 4.83. The fourth-order valence-electron chi connectivity index (χ4n) is 3.81. The number of fused-ring (bicyclic) bond motifs is 2. The summed E-state index contributed by atoms with van der Waals surface area (Å²) in [6, 6.07) is 22.8. The van der Waals surface area contributed by atoms with Crippen molar-refractivity contribution in [2.45, 2.75) is 17.7 Å². The Bertz CT molecular complexity index is 1200. The van der Waals surface area contributed by atoms with Crippen LogP contribution < -0.4 is 4.72 Å². The Morgan fingerprint density at radius 3 is 2.45 bits per heavy atom. The molecule has 0 saturated heterocycles. The standard InChI is InChI=1S/C24H23NO2S2/c1-28-21-12-13-23-19(16-21)11-10-18-7-3-4-9-22(18)24(23)15-17-6-5-8-20(14-17)25-29(2,26)27/h3-9,12-16,25H,10-11H2,1-2H3/b24-15-. The van der Waals surface area contributed by atoms with Crippen LogP contribution in [0.5, 0.6) is 0 Å². The van der Waals surface area contributed by atoms with E-state index in [1.807, 2.05) is 18.2 Å². The molecule has 29 heavy (non-hydrogen) atoms. The van der Waals surface area contributed by atoms with Crippen molar-refractivity contribution < 1.29 is 8.42 Å². The van der Waals surface area contributed by atoms with E-state index in [9.17, 15) is 8.42 Å². The molecule has 4 rings (SSSR count). The number of nitrogens with one attached hydrogen (secondary N) is 1. The van der Waals surface area contributed by atoms with Crippen molar-refractivity contribution >= 4 is 39.1 Å². The largest absolute Gasteiger partial charge is 0.284 e. The molecule has 0 atom stereocenters. The number of sulfonamides is 1. The van der Waals surface area contributed by atoms with Crippen molar-refractivity contribution in [3.8, 4) is 0 Å². The summed E-state index contributed by atoms with van der Waals surface area (Å²) in [7, 11) is -3.31. The predicted octanol–water partition coefficient (Wildman–Crippen LogP) is 5.47. The van der Waals surface area contributed by atoms with E-state index < -0.39 is 10.0 Å².